The summed E-state index contributed by atoms with van der Waals surface area (Å²) < 4.78 is 5.43. The van der Waals surface area contributed by atoms with E-state index < -0.39 is 0 Å². The fourth-order valence-corrected chi connectivity index (χ4v) is 3.40. The van der Waals surface area contributed by atoms with Gasteiger partial charge in [0.1, 0.15) is 5.76 Å². The summed E-state index contributed by atoms with van der Waals surface area (Å²) in [4.78, 5) is 26.3. The summed E-state index contributed by atoms with van der Waals surface area (Å²) in [6.07, 6.45) is 3.98. The highest BCUT2D eigenvalue weighted by atomic mass is 35.5. The Kier molecular flexibility index (Phi) is 6.69. The second-order valence-electron chi connectivity index (χ2n) is 6.56. The fourth-order valence-electron chi connectivity index (χ4n) is 3.40. The molecule has 2 aliphatic heterocycles. The first-order valence-electron chi connectivity index (χ1n) is 8.50. The van der Waals surface area contributed by atoms with E-state index in [1.165, 1.54) is 0 Å². The van der Waals surface area contributed by atoms with Gasteiger partial charge in [-0.2, -0.15) is 0 Å². The number of piperidine rings is 1. The third-order valence-corrected chi connectivity index (χ3v) is 4.70. The Bertz CT molecular complexity index is 569. The number of halogens is 1. The number of likely N-dealkylation sites (tertiary alicyclic amines) is 1. The van der Waals surface area contributed by atoms with Crippen molar-refractivity contribution in [1.29, 1.82) is 0 Å². The second-order valence-corrected chi connectivity index (χ2v) is 6.56. The molecule has 24 heavy (non-hydrogen) atoms. The summed E-state index contributed by atoms with van der Waals surface area (Å²) in [5.74, 6) is 1.51. The summed E-state index contributed by atoms with van der Waals surface area (Å²) in [7, 11) is 0. The molecule has 6 nitrogen and oxygen atoms in total. The summed E-state index contributed by atoms with van der Waals surface area (Å²) in [6, 6.07) is 3.50. The van der Waals surface area contributed by atoms with Crippen molar-refractivity contribution in [3.8, 4) is 0 Å². The van der Waals surface area contributed by atoms with Gasteiger partial charge in [-0.3, -0.25) is 9.59 Å². The Morgan fingerprint density at radius 1 is 1.33 bits per heavy atom. The van der Waals surface area contributed by atoms with Gasteiger partial charge in [0, 0.05) is 19.6 Å². The zero-order chi connectivity index (χ0) is 16.2. The van der Waals surface area contributed by atoms with Crippen molar-refractivity contribution in [2.24, 2.45) is 5.92 Å². The highest BCUT2D eigenvalue weighted by Gasteiger charge is 2.27. The number of nitrogens with one attached hydrogen (secondary N) is 2. The first kappa shape index (κ1) is 18.8. The maximum Gasteiger partial charge on any atom is 0.289 e. The van der Waals surface area contributed by atoms with Crippen LogP contribution >= 0.6 is 12.4 Å². The lowest BCUT2D eigenvalue weighted by Crippen LogP contribution is -2.46. The van der Waals surface area contributed by atoms with E-state index in [4.69, 9.17) is 4.42 Å². The van der Waals surface area contributed by atoms with E-state index in [9.17, 15) is 9.59 Å². The molecule has 7 heteroatoms. The van der Waals surface area contributed by atoms with Crippen LogP contribution in [0.15, 0.2) is 16.5 Å². The number of carbonyl (C=O) groups is 2. The van der Waals surface area contributed by atoms with Gasteiger partial charge in [-0.05, 0) is 57.2 Å². The summed E-state index contributed by atoms with van der Waals surface area (Å²) in [5.41, 5.74) is 0. The minimum atomic E-state index is -0.0495. The van der Waals surface area contributed by atoms with Crippen molar-refractivity contribution in [2.75, 3.05) is 26.2 Å². The van der Waals surface area contributed by atoms with Crippen LogP contribution in [-0.2, 0) is 4.79 Å². The molecule has 134 valence electrons. The lowest BCUT2D eigenvalue weighted by Gasteiger charge is -2.32. The van der Waals surface area contributed by atoms with Gasteiger partial charge in [0.05, 0.1) is 6.04 Å². The van der Waals surface area contributed by atoms with Crippen molar-refractivity contribution in [2.45, 2.75) is 38.6 Å². The van der Waals surface area contributed by atoms with Gasteiger partial charge in [0.25, 0.3) is 5.91 Å². The SMILES string of the molecule is Cc1ccc(C(=O)N2CCCC(CNC(=O)C3CCCN3)C2)o1.Cl. The Morgan fingerprint density at radius 3 is 2.83 bits per heavy atom. The van der Waals surface area contributed by atoms with Gasteiger partial charge >= 0.3 is 0 Å². The number of hydrogen-bond acceptors (Lipinski definition) is 4. The summed E-state index contributed by atoms with van der Waals surface area (Å²) in [6.45, 7) is 4.83. The number of furan rings is 1. The molecule has 1 aromatic heterocycles. The van der Waals surface area contributed by atoms with Crippen LogP contribution in [0.3, 0.4) is 0 Å². The first-order valence-corrected chi connectivity index (χ1v) is 8.50. The minimum Gasteiger partial charge on any atom is -0.456 e. The van der Waals surface area contributed by atoms with E-state index in [-0.39, 0.29) is 30.3 Å². The Hall–Kier alpha value is -1.53. The Morgan fingerprint density at radius 2 is 2.17 bits per heavy atom. The molecule has 3 rings (SSSR count). The van der Waals surface area contributed by atoms with E-state index in [2.05, 4.69) is 10.6 Å². The van der Waals surface area contributed by atoms with Gasteiger partial charge in [-0.1, -0.05) is 0 Å². The topological polar surface area (TPSA) is 74.6 Å². The predicted molar refractivity (Wildman–Crippen MR) is 93.4 cm³/mol. The molecular weight excluding hydrogens is 330 g/mol. The molecule has 0 bridgehead atoms. The predicted octanol–water partition coefficient (Wildman–Crippen LogP) is 1.73. The molecule has 2 aliphatic rings. The first-order chi connectivity index (χ1) is 11.1. The van der Waals surface area contributed by atoms with Crippen LogP contribution in [0.2, 0.25) is 0 Å². The molecule has 2 fully saturated rings. The number of aryl methyl sites for hydroxylation is 1. The standard InChI is InChI=1S/C17H25N3O3.ClH/c1-12-6-7-15(23-12)17(22)20-9-3-4-13(11-20)10-19-16(21)14-5-2-8-18-14;/h6-7,13-14,18H,2-5,8-11H2,1H3,(H,19,21);1H. The Balaban J connectivity index is 0.00000208. The van der Waals surface area contributed by atoms with Crippen LogP contribution in [0.1, 0.15) is 42.0 Å². The maximum absolute atomic E-state index is 12.4. The highest BCUT2D eigenvalue weighted by molar-refractivity contribution is 5.91. The number of carbonyl (C=O) groups excluding carboxylic acids is 2. The average Bonchev–Trinajstić information content (AvgIpc) is 3.24. The summed E-state index contributed by atoms with van der Waals surface area (Å²) >= 11 is 0. The van der Waals surface area contributed by atoms with Gasteiger partial charge in [0.2, 0.25) is 5.91 Å². The number of rotatable bonds is 4. The van der Waals surface area contributed by atoms with Gasteiger partial charge in [0.15, 0.2) is 5.76 Å². The minimum absolute atomic E-state index is 0. The maximum atomic E-state index is 12.4. The molecule has 0 aliphatic carbocycles. The van der Waals surface area contributed by atoms with Crippen molar-refractivity contribution >= 4 is 24.2 Å². The van der Waals surface area contributed by atoms with Crippen LogP contribution < -0.4 is 10.6 Å². The van der Waals surface area contributed by atoms with Gasteiger partial charge in [-0.15, -0.1) is 12.4 Å². The quantitative estimate of drug-likeness (QED) is 0.862. The molecule has 2 N–H and O–H groups in total. The fraction of sp³-hybridized carbons (Fsp3) is 0.647. The normalized spacial score (nSPS) is 23.6. The van der Waals surface area contributed by atoms with Crippen LogP contribution in [-0.4, -0.2) is 48.9 Å². The number of hydrogen-bond donors (Lipinski definition) is 2. The molecule has 0 radical (unpaired) electrons. The average molecular weight is 356 g/mol. The molecule has 3 heterocycles. The van der Waals surface area contributed by atoms with Crippen LogP contribution in [0.5, 0.6) is 0 Å². The van der Waals surface area contributed by atoms with Crippen molar-refractivity contribution in [3.05, 3.63) is 23.7 Å². The third-order valence-electron chi connectivity index (χ3n) is 4.70. The molecule has 2 atom stereocenters. The lowest BCUT2D eigenvalue weighted by molar-refractivity contribution is -0.123. The molecule has 0 aromatic carbocycles. The van der Waals surface area contributed by atoms with Crippen LogP contribution in [0.25, 0.3) is 0 Å². The molecule has 0 spiro atoms. The monoisotopic (exact) mass is 355 g/mol. The zero-order valence-electron chi connectivity index (χ0n) is 14.0. The van der Waals surface area contributed by atoms with E-state index in [1.807, 2.05) is 17.9 Å². The molecule has 2 saturated heterocycles. The molecule has 2 unspecified atom stereocenters. The Labute approximate surface area is 148 Å². The van der Waals surface area contributed by atoms with Crippen LogP contribution in [0, 0.1) is 12.8 Å². The van der Waals surface area contributed by atoms with E-state index in [0.29, 0.717) is 24.8 Å². The van der Waals surface area contributed by atoms with E-state index in [0.717, 1.165) is 44.5 Å². The van der Waals surface area contributed by atoms with Gasteiger partial charge in [-0.25, -0.2) is 0 Å². The van der Waals surface area contributed by atoms with Crippen molar-refractivity contribution in [1.82, 2.24) is 15.5 Å². The van der Waals surface area contributed by atoms with Crippen molar-refractivity contribution < 1.29 is 14.0 Å². The molecule has 2 amide bonds. The van der Waals surface area contributed by atoms with Gasteiger partial charge < -0.3 is 20.0 Å². The number of nitrogens with zero attached hydrogens (tertiary/aromatic N) is 1. The van der Waals surface area contributed by atoms with Crippen LogP contribution in [0.4, 0.5) is 0 Å². The van der Waals surface area contributed by atoms with Crippen molar-refractivity contribution in [3.63, 3.8) is 0 Å². The number of amides is 2. The third kappa shape index (κ3) is 4.51. The van der Waals surface area contributed by atoms with E-state index >= 15 is 0 Å². The molecular formula is C17H26ClN3O3. The lowest BCUT2D eigenvalue weighted by atomic mass is 9.97. The van der Waals surface area contributed by atoms with E-state index in [1.54, 1.807) is 6.07 Å². The molecule has 1 aromatic rings. The smallest absolute Gasteiger partial charge is 0.289 e. The second kappa shape index (κ2) is 8.53. The highest BCUT2D eigenvalue weighted by Crippen LogP contribution is 2.19. The summed E-state index contributed by atoms with van der Waals surface area (Å²) in [5, 5.41) is 6.24. The zero-order valence-corrected chi connectivity index (χ0v) is 14.9. The molecule has 0 saturated carbocycles. The largest absolute Gasteiger partial charge is 0.456 e.